The first-order chi connectivity index (χ1) is 13.9. The van der Waals surface area contributed by atoms with Crippen molar-refractivity contribution in [3.8, 4) is 0 Å². The van der Waals surface area contributed by atoms with E-state index >= 15 is 0 Å². The highest BCUT2D eigenvalue weighted by molar-refractivity contribution is 7.99. The van der Waals surface area contributed by atoms with E-state index in [1.54, 1.807) is 0 Å². The number of H-pyrrole nitrogens is 1. The van der Waals surface area contributed by atoms with Crippen LogP contribution in [0.3, 0.4) is 0 Å². The molecule has 29 heavy (non-hydrogen) atoms. The highest BCUT2D eigenvalue weighted by Gasteiger charge is 2.21. The molecule has 1 aromatic carbocycles. The molecule has 11 heteroatoms. The van der Waals surface area contributed by atoms with Crippen molar-refractivity contribution in [1.29, 1.82) is 0 Å². The number of aromatic amines is 1. The second-order valence-electron chi connectivity index (χ2n) is 6.52. The third kappa shape index (κ3) is 4.01. The number of aryl methyl sites for hydroxylation is 2. The Bertz CT molecular complexity index is 1190. The number of fused-ring (bicyclic) bond motifs is 3. The van der Waals surface area contributed by atoms with Gasteiger partial charge < -0.3 is 10.3 Å². The summed E-state index contributed by atoms with van der Waals surface area (Å²) in [6.45, 7) is 0. The number of thioether (sulfide) groups is 1. The number of halogens is 1. The van der Waals surface area contributed by atoms with Crippen LogP contribution in [0.25, 0.3) is 10.2 Å². The van der Waals surface area contributed by atoms with Crippen LogP contribution in [-0.2, 0) is 17.6 Å². The molecule has 0 saturated heterocycles. The Balaban J connectivity index is 1.49. The van der Waals surface area contributed by atoms with Gasteiger partial charge in [-0.2, -0.15) is 0 Å². The monoisotopic (exact) mass is 434 g/mol. The van der Waals surface area contributed by atoms with E-state index in [9.17, 15) is 24.1 Å². The number of nitro benzene ring substituents is 1. The summed E-state index contributed by atoms with van der Waals surface area (Å²) in [7, 11) is 0. The largest absolute Gasteiger partial charge is 0.320 e. The van der Waals surface area contributed by atoms with Gasteiger partial charge in [0.15, 0.2) is 5.16 Å². The Labute approximate surface area is 171 Å². The molecule has 0 atom stereocenters. The zero-order valence-corrected chi connectivity index (χ0v) is 16.6. The molecule has 8 nitrogen and oxygen atoms in total. The minimum Gasteiger partial charge on any atom is -0.320 e. The van der Waals surface area contributed by atoms with Gasteiger partial charge in [-0.1, -0.05) is 11.8 Å². The number of nitrogens with zero attached hydrogens (tertiary/aromatic N) is 2. The molecule has 0 spiro atoms. The summed E-state index contributed by atoms with van der Waals surface area (Å²) in [4.78, 5) is 44.0. The highest BCUT2D eigenvalue weighted by Crippen LogP contribution is 2.34. The lowest BCUT2D eigenvalue weighted by atomic mass is 9.97. The van der Waals surface area contributed by atoms with E-state index in [4.69, 9.17) is 0 Å². The second kappa shape index (κ2) is 7.91. The van der Waals surface area contributed by atoms with Crippen molar-refractivity contribution in [3.05, 3.63) is 54.9 Å². The molecule has 0 bridgehead atoms. The molecule has 1 aliphatic rings. The van der Waals surface area contributed by atoms with Gasteiger partial charge in [-0.15, -0.1) is 11.3 Å². The van der Waals surface area contributed by atoms with Gasteiger partial charge in [0.05, 0.1) is 22.1 Å². The van der Waals surface area contributed by atoms with Crippen LogP contribution >= 0.6 is 23.1 Å². The van der Waals surface area contributed by atoms with Crippen molar-refractivity contribution in [2.75, 3.05) is 11.1 Å². The highest BCUT2D eigenvalue weighted by atomic mass is 32.2. The van der Waals surface area contributed by atoms with E-state index in [0.29, 0.717) is 15.4 Å². The van der Waals surface area contributed by atoms with Gasteiger partial charge in [0.1, 0.15) is 16.3 Å². The molecule has 1 amide bonds. The van der Waals surface area contributed by atoms with Gasteiger partial charge in [-0.05, 0) is 43.4 Å². The van der Waals surface area contributed by atoms with Crippen LogP contribution in [0.5, 0.6) is 0 Å². The average molecular weight is 434 g/mol. The van der Waals surface area contributed by atoms with Gasteiger partial charge in [0.2, 0.25) is 5.91 Å². The zero-order chi connectivity index (χ0) is 20.5. The Hall–Kier alpha value is -2.79. The van der Waals surface area contributed by atoms with Crippen LogP contribution in [-0.4, -0.2) is 26.6 Å². The third-order valence-electron chi connectivity index (χ3n) is 4.57. The smallest absolute Gasteiger partial charge is 0.295 e. The molecular weight excluding hydrogens is 419 g/mol. The fraction of sp³-hybridized carbons (Fsp3) is 0.278. The summed E-state index contributed by atoms with van der Waals surface area (Å²) in [5, 5.41) is 14.4. The second-order valence-corrected chi connectivity index (χ2v) is 8.57. The van der Waals surface area contributed by atoms with Crippen molar-refractivity contribution in [3.63, 3.8) is 0 Å². The minimum absolute atomic E-state index is 0.0927. The SMILES string of the molecule is O=C(CSc1nc2sc3c(c2c(=O)[nH]1)CCCC3)Nc1ccc(F)cc1[N+](=O)[O-]. The standard InChI is InChI=1S/C18H15FN4O4S2/c19-9-5-6-11(12(7-9)23(26)27)20-14(24)8-28-18-21-16(25)15-10-3-1-2-4-13(10)29-17(15)22-18/h5-7H,1-4,8H2,(H,20,24)(H,21,22,25). The normalized spacial score (nSPS) is 13.3. The summed E-state index contributed by atoms with van der Waals surface area (Å²) in [5.41, 5.74) is 0.250. The number of nitro groups is 1. The Morgan fingerprint density at radius 3 is 2.97 bits per heavy atom. The molecular formula is C18H15FN4O4S2. The molecule has 150 valence electrons. The molecule has 1 aliphatic carbocycles. The van der Waals surface area contributed by atoms with Crippen molar-refractivity contribution < 1.29 is 14.1 Å². The Morgan fingerprint density at radius 2 is 2.17 bits per heavy atom. The van der Waals surface area contributed by atoms with Crippen molar-refractivity contribution in [2.45, 2.75) is 30.8 Å². The molecule has 0 aliphatic heterocycles. The first-order valence-electron chi connectivity index (χ1n) is 8.83. The molecule has 0 unspecified atom stereocenters. The van der Waals surface area contributed by atoms with E-state index in [2.05, 4.69) is 15.3 Å². The lowest BCUT2D eigenvalue weighted by Crippen LogP contribution is -2.16. The quantitative estimate of drug-likeness (QED) is 0.274. The van der Waals surface area contributed by atoms with Crippen molar-refractivity contribution in [2.24, 2.45) is 0 Å². The van der Waals surface area contributed by atoms with Crippen LogP contribution < -0.4 is 10.9 Å². The number of aromatic nitrogens is 2. The number of rotatable bonds is 5. The fourth-order valence-electron chi connectivity index (χ4n) is 3.29. The first-order valence-corrected chi connectivity index (χ1v) is 10.6. The number of carbonyl (C=O) groups is 1. The molecule has 2 heterocycles. The fourth-order valence-corrected chi connectivity index (χ4v) is 5.27. The Kier molecular flexibility index (Phi) is 5.33. The lowest BCUT2D eigenvalue weighted by molar-refractivity contribution is -0.384. The minimum atomic E-state index is -0.766. The molecule has 4 rings (SSSR count). The molecule has 2 N–H and O–H groups in total. The van der Waals surface area contributed by atoms with Crippen LogP contribution in [0, 0.1) is 15.9 Å². The molecule has 0 radical (unpaired) electrons. The van der Waals surface area contributed by atoms with Gasteiger partial charge in [-0.25, -0.2) is 9.37 Å². The zero-order valence-electron chi connectivity index (χ0n) is 15.0. The average Bonchev–Trinajstić information content (AvgIpc) is 3.06. The summed E-state index contributed by atoms with van der Waals surface area (Å²) < 4.78 is 13.2. The van der Waals surface area contributed by atoms with Crippen LogP contribution in [0.4, 0.5) is 15.8 Å². The summed E-state index contributed by atoms with van der Waals surface area (Å²) in [6, 6.07) is 2.91. The molecule has 2 aromatic heterocycles. The predicted molar refractivity (Wildman–Crippen MR) is 109 cm³/mol. The maximum Gasteiger partial charge on any atom is 0.295 e. The maximum absolute atomic E-state index is 13.2. The number of benzene rings is 1. The van der Waals surface area contributed by atoms with Crippen LogP contribution in [0.2, 0.25) is 0 Å². The predicted octanol–water partition coefficient (Wildman–Crippen LogP) is 3.64. The van der Waals surface area contributed by atoms with Gasteiger partial charge in [-0.3, -0.25) is 19.7 Å². The molecule has 3 aromatic rings. The number of amides is 1. The van der Waals surface area contributed by atoms with E-state index in [1.807, 2.05) is 0 Å². The number of anilines is 1. The lowest BCUT2D eigenvalue weighted by Gasteiger charge is -2.09. The third-order valence-corrected chi connectivity index (χ3v) is 6.63. The first kappa shape index (κ1) is 19.5. The Morgan fingerprint density at radius 1 is 1.38 bits per heavy atom. The van der Waals surface area contributed by atoms with Gasteiger partial charge >= 0.3 is 0 Å². The van der Waals surface area contributed by atoms with Crippen molar-refractivity contribution >= 4 is 50.6 Å². The van der Waals surface area contributed by atoms with Crippen LogP contribution in [0.15, 0.2) is 28.2 Å². The van der Waals surface area contributed by atoms with E-state index in [0.717, 1.165) is 61.2 Å². The molecule has 0 saturated carbocycles. The topological polar surface area (TPSA) is 118 Å². The number of thiophene rings is 1. The summed E-state index contributed by atoms with van der Waals surface area (Å²) >= 11 is 2.54. The van der Waals surface area contributed by atoms with Crippen LogP contribution in [0.1, 0.15) is 23.3 Å². The van der Waals surface area contributed by atoms with Gasteiger partial charge in [0.25, 0.3) is 11.2 Å². The van der Waals surface area contributed by atoms with E-state index in [-0.39, 0.29) is 17.0 Å². The van der Waals surface area contributed by atoms with E-state index < -0.39 is 22.3 Å². The summed E-state index contributed by atoms with van der Waals surface area (Å²) in [6.07, 6.45) is 4.00. The number of hydrogen-bond donors (Lipinski definition) is 2. The number of hydrogen-bond acceptors (Lipinski definition) is 7. The van der Waals surface area contributed by atoms with E-state index in [1.165, 1.54) is 16.2 Å². The maximum atomic E-state index is 13.2. The summed E-state index contributed by atoms with van der Waals surface area (Å²) in [5.74, 6) is -1.41. The number of carbonyl (C=O) groups excluding carboxylic acids is 1. The van der Waals surface area contributed by atoms with Crippen molar-refractivity contribution in [1.82, 2.24) is 9.97 Å². The van der Waals surface area contributed by atoms with Gasteiger partial charge in [0, 0.05) is 4.88 Å². The number of nitrogens with one attached hydrogen (secondary N) is 2. The molecule has 0 fully saturated rings.